The molecule has 0 aliphatic heterocycles. The zero-order valence-corrected chi connectivity index (χ0v) is 22.7. The Morgan fingerprint density at radius 2 is 1.24 bits per heavy atom. The average Bonchev–Trinajstić information content (AvgIpc) is 2.77. The van der Waals surface area contributed by atoms with Gasteiger partial charge in [0.1, 0.15) is 12.7 Å². The second-order valence-electron chi connectivity index (χ2n) is 10.0. The van der Waals surface area contributed by atoms with Gasteiger partial charge < -0.3 is 14.4 Å². The summed E-state index contributed by atoms with van der Waals surface area (Å²) in [7, 11) is 4.16. The van der Waals surface area contributed by atoms with E-state index in [1.165, 1.54) is 51.4 Å². The van der Waals surface area contributed by atoms with Gasteiger partial charge in [0.15, 0.2) is 0 Å². The highest BCUT2D eigenvalue weighted by Gasteiger charge is 2.21. The van der Waals surface area contributed by atoms with Crippen molar-refractivity contribution in [3.8, 4) is 0 Å². The van der Waals surface area contributed by atoms with E-state index in [4.69, 9.17) is 9.47 Å². The number of ether oxygens (including phenoxy) is 2. The van der Waals surface area contributed by atoms with Gasteiger partial charge in [-0.05, 0) is 53.2 Å². The summed E-state index contributed by atoms with van der Waals surface area (Å²) < 4.78 is 11.0. The molecule has 0 aliphatic rings. The zero-order valence-electron chi connectivity index (χ0n) is 22.7. The Morgan fingerprint density at radius 3 is 1.79 bits per heavy atom. The van der Waals surface area contributed by atoms with Gasteiger partial charge in [-0.1, -0.05) is 90.9 Å². The van der Waals surface area contributed by atoms with Crippen LogP contribution in [0.2, 0.25) is 0 Å². The van der Waals surface area contributed by atoms with Gasteiger partial charge in [0, 0.05) is 6.42 Å². The maximum absolute atomic E-state index is 12.7. The second kappa shape index (κ2) is 22.7. The van der Waals surface area contributed by atoms with Crippen molar-refractivity contribution in [2.75, 3.05) is 27.2 Å². The number of rotatable bonds is 23. The fourth-order valence-corrected chi connectivity index (χ4v) is 4.05. The molecule has 33 heavy (non-hydrogen) atoms. The number of unbranched alkanes of at least 4 members (excludes halogenated alkanes) is 11. The fraction of sp³-hybridized carbons (Fsp3) is 0.929. The number of nitrogens with zero attached hydrogens (tertiary/aromatic N) is 1. The smallest absolute Gasteiger partial charge is 0.309 e. The van der Waals surface area contributed by atoms with E-state index in [0.29, 0.717) is 6.42 Å². The first-order chi connectivity index (χ1) is 15.9. The summed E-state index contributed by atoms with van der Waals surface area (Å²) in [6, 6.07) is 0. The Hall–Kier alpha value is -1.10. The molecule has 0 saturated heterocycles. The van der Waals surface area contributed by atoms with Gasteiger partial charge in [-0.15, -0.1) is 0 Å². The molecule has 0 saturated carbocycles. The Bertz CT molecular complexity index is 453. The van der Waals surface area contributed by atoms with Crippen LogP contribution >= 0.6 is 0 Å². The van der Waals surface area contributed by atoms with E-state index in [9.17, 15) is 9.59 Å². The molecule has 0 amide bonds. The average molecular weight is 470 g/mol. The van der Waals surface area contributed by atoms with Crippen LogP contribution in [0.4, 0.5) is 0 Å². The summed E-state index contributed by atoms with van der Waals surface area (Å²) in [5.74, 6) is -0.308. The minimum Gasteiger partial charge on any atom is -0.462 e. The number of hydrogen-bond donors (Lipinski definition) is 0. The molecule has 0 aromatic heterocycles. The maximum atomic E-state index is 12.7. The predicted octanol–water partition coefficient (Wildman–Crippen LogP) is 7.31. The van der Waals surface area contributed by atoms with Crippen LogP contribution in [0.15, 0.2) is 0 Å². The van der Waals surface area contributed by atoms with Gasteiger partial charge in [-0.3, -0.25) is 9.59 Å². The standard InChI is InChI=1S/C28H55NO4/c1-6-8-10-12-16-20-26(21-17-13-11-9-7-2)28(31)32-24-25(3)33-27(30)22-18-14-15-19-23-29(4)5/h25-26H,6-24H2,1-5H3. The van der Waals surface area contributed by atoms with E-state index < -0.39 is 0 Å². The van der Waals surface area contributed by atoms with Crippen molar-refractivity contribution < 1.29 is 19.1 Å². The summed E-state index contributed by atoms with van der Waals surface area (Å²) in [5, 5.41) is 0. The summed E-state index contributed by atoms with van der Waals surface area (Å²) in [6.07, 6.45) is 18.1. The molecule has 0 N–H and O–H groups in total. The topological polar surface area (TPSA) is 55.8 Å². The van der Waals surface area contributed by atoms with E-state index in [1.807, 2.05) is 6.92 Å². The highest BCUT2D eigenvalue weighted by molar-refractivity contribution is 5.72. The van der Waals surface area contributed by atoms with Crippen molar-refractivity contribution in [2.24, 2.45) is 5.92 Å². The Balaban J connectivity index is 4.19. The van der Waals surface area contributed by atoms with Crippen molar-refractivity contribution in [2.45, 2.75) is 136 Å². The van der Waals surface area contributed by atoms with E-state index in [2.05, 4.69) is 32.8 Å². The number of hydrogen-bond acceptors (Lipinski definition) is 5. The Morgan fingerprint density at radius 1 is 0.727 bits per heavy atom. The third-order valence-corrected chi connectivity index (χ3v) is 6.17. The lowest BCUT2D eigenvalue weighted by atomic mass is 9.94. The quantitative estimate of drug-likeness (QED) is 0.116. The third-order valence-electron chi connectivity index (χ3n) is 6.17. The van der Waals surface area contributed by atoms with Gasteiger partial charge in [0.2, 0.25) is 0 Å². The highest BCUT2D eigenvalue weighted by Crippen LogP contribution is 2.20. The normalized spacial score (nSPS) is 12.3. The first kappa shape index (κ1) is 31.9. The van der Waals surface area contributed by atoms with Crippen molar-refractivity contribution in [3.63, 3.8) is 0 Å². The largest absolute Gasteiger partial charge is 0.462 e. The van der Waals surface area contributed by atoms with Crippen molar-refractivity contribution in [1.82, 2.24) is 4.90 Å². The van der Waals surface area contributed by atoms with Crippen molar-refractivity contribution in [3.05, 3.63) is 0 Å². The first-order valence-electron chi connectivity index (χ1n) is 13.9. The lowest BCUT2D eigenvalue weighted by Gasteiger charge is -2.18. The summed E-state index contributed by atoms with van der Waals surface area (Å²) >= 11 is 0. The molecule has 5 nitrogen and oxygen atoms in total. The minimum atomic E-state index is -0.384. The van der Waals surface area contributed by atoms with Gasteiger partial charge in [-0.25, -0.2) is 0 Å². The van der Waals surface area contributed by atoms with Crippen LogP contribution in [0.1, 0.15) is 130 Å². The zero-order chi connectivity index (χ0) is 24.7. The monoisotopic (exact) mass is 469 g/mol. The predicted molar refractivity (Wildman–Crippen MR) is 138 cm³/mol. The molecule has 0 heterocycles. The van der Waals surface area contributed by atoms with Crippen molar-refractivity contribution in [1.29, 1.82) is 0 Å². The van der Waals surface area contributed by atoms with Gasteiger partial charge in [0.05, 0.1) is 5.92 Å². The van der Waals surface area contributed by atoms with Crippen LogP contribution in [0.25, 0.3) is 0 Å². The molecule has 5 heteroatoms. The number of carbonyl (C=O) groups excluding carboxylic acids is 2. The Kier molecular flexibility index (Phi) is 21.9. The summed E-state index contributed by atoms with van der Waals surface area (Å²) in [4.78, 5) is 27.0. The number of esters is 2. The molecule has 0 spiro atoms. The molecule has 1 unspecified atom stereocenters. The molecule has 0 rings (SSSR count). The fourth-order valence-electron chi connectivity index (χ4n) is 4.05. The molecule has 1 atom stereocenters. The van der Waals surface area contributed by atoms with E-state index in [-0.39, 0.29) is 30.6 Å². The molecule has 0 aromatic carbocycles. The molecule has 0 aromatic rings. The number of carbonyl (C=O) groups is 2. The SMILES string of the molecule is CCCCCCCC(CCCCCCC)C(=O)OCC(C)OC(=O)CCCCCCN(C)C. The van der Waals surface area contributed by atoms with Gasteiger partial charge in [-0.2, -0.15) is 0 Å². The van der Waals surface area contributed by atoms with Gasteiger partial charge >= 0.3 is 11.9 Å². The van der Waals surface area contributed by atoms with Gasteiger partial charge in [0.25, 0.3) is 0 Å². The summed E-state index contributed by atoms with van der Waals surface area (Å²) in [5.41, 5.74) is 0. The highest BCUT2D eigenvalue weighted by atomic mass is 16.6. The van der Waals surface area contributed by atoms with Crippen LogP contribution < -0.4 is 0 Å². The van der Waals surface area contributed by atoms with Crippen LogP contribution in [-0.4, -0.2) is 50.2 Å². The second-order valence-corrected chi connectivity index (χ2v) is 10.0. The minimum absolute atomic E-state index is 0.0154. The van der Waals surface area contributed by atoms with Crippen LogP contribution in [0, 0.1) is 5.92 Å². The van der Waals surface area contributed by atoms with E-state index in [1.54, 1.807) is 0 Å². The summed E-state index contributed by atoms with van der Waals surface area (Å²) in [6.45, 7) is 7.50. The molecule has 0 fully saturated rings. The lowest BCUT2D eigenvalue weighted by molar-refractivity contribution is -0.160. The van der Waals surface area contributed by atoms with Crippen LogP contribution in [0.5, 0.6) is 0 Å². The first-order valence-corrected chi connectivity index (χ1v) is 13.9. The third kappa shape index (κ3) is 21.2. The molecular weight excluding hydrogens is 414 g/mol. The van der Waals surface area contributed by atoms with E-state index >= 15 is 0 Å². The maximum Gasteiger partial charge on any atom is 0.309 e. The Labute approximate surface area is 205 Å². The molecular formula is C28H55NO4. The van der Waals surface area contributed by atoms with Crippen molar-refractivity contribution >= 4 is 11.9 Å². The van der Waals surface area contributed by atoms with Crippen LogP contribution in [-0.2, 0) is 19.1 Å². The lowest BCUT2D eigenvalue weighted by Crippen LogP contribution is -2.25. The molecule has 0 aliphatic carbocycles. The molecule has 196 valence electrons. The van der Waals surface area contributed by atoms with E-state index in [0.717, 1.165) is 57.9 Å². The van der Waals surface area contributed by atoms with Crippen LogP contribution in [0.3, 0.4) is 0 Å². The molecule has 0 radical (unpaired) electrons. The molecule has 0 bridgehead atoms.